The lowest BCUT2D eigenvalue weighted by molar-refractivity contribution is -0.124. The van der Waals surface area contributed by atoms with Gasteiger partial charge in [0.05, 0.1) is 13.2 Å². The van der Waals surface area contributed by atoms with Gasteiger partial charge in [-0.05, 0) is 42.5 Å². The van der Waals surface area contributed by atoms with Crippen molar-refractivity contribution in [1.82, 2.24) is 5.32 Å². The van der Waals surface area contributed by atoms with Gasteiger partial charge in [0, 0.05) is 13.0 Å². The molecule has 1 fully saturated rings. The van der Waals surface area contributed by atoms with E-state index in [0.29, 0.717) is 13.0 Å². The van der Waals surface area contributed by atoms with E-state index in [1.807, 2.05) is 0 Å². The number of benzene rings is 1. The van der Waals surface area contributed by atoms with E-state index in [-0.39, 0.29) is 17.9 Å². The van der Waals surface area contributed by atoms with Gasteiger partial charge in [-0.2, -0.15) is 0 Å². The van der Waals surface area contributed by atoms with Crippen molar-refractivity contribution in [2.45, 2.75) is 44.6 Å². The van der Waals surface area contributed by atoms with Crippen molar-refractivity contribution >= 4 is 5.91 Å². The summed E-state index contributed by atoms with van der Waals surface area (Å²) in [6.45, 7) is 0.771. The number of nitrogens with one attached hydrogen (secondary N) is 1. The third kappa shape index (κ3) is 4.94. The van der Waals surface area contributed by atoms with Crippen LogP contribution in [-0.2, 0) is 4.79 Å². The van der Waals surface area contributed by atoms with Gasteiger partial charge in [0.1, 0.15) is 5.75 Å². The smallest absolute Gasteiger partial charge is 0.220 e. The van der Waals surface area contributed by atoms with Crippen LogP contribution in [0.5, 0.6) is 5.75 Å². The maximum Gasteiger partial charge on any atom is 0.220 e. The first-order valence-corrected chi connectivity index (χ1v) is 8.37. The highest BCUT2D eigenvalue weighted by molar-refractivity contribution is 5.76. The predicted molar refractivity (Wildman–Crippen MR) is 90.2 cm³/mol. The first-order chi connectivity index (χ1) is 11.1. The van der Waals surface area contributed by atoms with Gasteiger partial charge in [-0.3, -0.25) is 4.79 Å². The van der Waals surface area contributed by atoms with Crippen LogP contribution < -0.4 is 15.8 Å². The highest BCUT2D eigenvalue weighted by Gasteiger charge is 2.32. The van der Waals surface area contributed by atoms with Gasteiger partial charge in [-0.1, -0.05) is 31.4 Å². The summed E-state index contributed by atoms with van der Waals surface area (Å²) >= 11 is 0. The monoisotopic (exact) mass is 320 g/mol. The van der Waals surface area contributed by atoms with E-state index in [0.717, 1.165) is 37.0 Å². The zero-order valence-corrected chi connectivity index (χ0v) is 13.9. The Bertz CT molecular complexity index is 495. The van der Waals surface area contributed by atoms with Crippen molar-refractivity contribution in [2.75, 3.05) is 20.2 Å². The number of nitrogens with two attached hydrogens (primary N) is 1. The number of ether oxygens (including phenoxy) is 1. The van der Waals surface area contributed by atoms with Crippen LogP contribution in [0.15, 0.2) is 24.3 Å². The minimum atomic E-state index is -0.718. The third-order valence-electron chi connectivity index (χ3n) is 4.88. The van der Waals surface area contributed by atoms with Gasteiger partial charge in [-0.15, -0.1) is 0 Å². The predicted octanol–water partition coefficient (Wildman–Crippen LogP) is 2.14. The largest absolute Gasteiger partial charge is 0.497 e. The highest BCUT2D eigenvalue weighted by Crippen LogP contribution is 2.38. The molecule has 1 saturated carbocycles. The molecule has 2 rings (SSSR count). The molecule has 1 unspecified atom stereocenters. The summed E-state index contributed by atoms with van der Waals surface area (Å²) in [7, 11) is 1.60. The fourth-order valence-corrected chi connectivity index (χ4v) is 3.31. The zero-order valence-electron chi connectivity index (χ0n) is 13.9. The molecule has 0 aliphatic heterocycles. The molecule has 4 N–H and O–H groups in total. The Labute approximate surface area is 138 Å². The molecular weight excluding hydrogens is 292 g/mol. The number of aliphatic hydroxyl groups is 1. The molecule has 1 aromatic carbocycles. The second kappa shape index (κ2) is 8.31. The maximum absolute atomic E-state index is 12.2. The number of hydrogen-bond acceptors (Lipinski definition) is 4. The number of methoxy groups -OCH3 is 1. The van der Waals surface area contributed by atoms with Crippen molar-refractivity contribution in [3.8, 4) is 5.75 Å². The number of hydrogen-bond donors (Lipinski definition) is 3. The van der Waals surface area contributed by atoms with Gasteiger partial charge in [0.2, 0.25) is 5.91 Å². The molecular formula is C18H28N2O3. The minimum Gasteiger partial charge on any atom is -0.497 e. The van der Waals surface area contributed by atoms with E-state index < -0.39 is 6.10 Å². The first-order valence-electron chi connectivity index (χ1n) is 8.37. The van der Waals surface area contributed by atoms with E-state index in [9.17, 15) is 9.90 Å². The topological polar surface area (TPSA) is 84.6 Å². The van der Waals surface area contributed by atoms with E-state index in [1.54, 1.807) is 31.4 Å². The lowest BCUT2D eigenvalue weighted by Crippen LogP contribution is -2.39. The Hall–Kier alpha value is -1.59. The first kappa shape index (κ1) is 17.8. The summed E-state index contributed by atoms with van der Waals surface area (Å²) in [5, 5.41) is 13.0. The minimum absolute atomic E-state index is 0.0232. The van der Waals surface area contributed by atoms with Crippen LogP contribution in [0.1, 0.15) is 50.2 Å². The van der Waals surface area contributed by atoms with Crippen LogP contribution in [0.25, 0.3) is 0 Å². The molecule has 5 heteroatoms. The Kier molecular flexibility index (Phi) is 6.42. The Morgan fingerprint density at radius 1 is 1.30 bits per heavy atom. The number of carbonyl (C=O) groups is 1. The van der Waals surface area contributed by atoms with Gasteiger partial charge in [0.25, 0.3) is 0 Å². The molecule has 23 heavy (non-hydrogen) atoms. The number of rotatable bonds is 7. The highest BCUT2D eigenvalue weighted by atomic mass is 16.5. The molecule has 0 heterocycles. The van der Waals surface area contributed by atoms with Gasteiger partial charge in [-0.25, -0.2) is 0 Å². The Balaban J connectivity index is 1.82. The Morgan fingerprint density at radius 2 is 1.96 bits per heavy atom. The summed E-state index contributed by atoms with van der Waals surface area (Å²) in [6, 6.07) is 7.20. The van der Waals surface area contributed by atoms with Crippen molar-refractivity contribution in [3.63, 3.8) is 0 Å². The molecule has 0 aromatic heterocycles. The number of aliphatic hydroxyl groups excluding tert-OH is 1. The summed E-state index contributed by atoms with van der Waals surface area (Å²) in [5.74, 6) is 0.720. The molecule has 5 nitrogen and oxygen atoms in total. The van der Waals surface area contributed by atoms with Crippen molar-refractivity contribution in [1.29, 1.82) is 0 Å². The summed E-state index contributed by atoms with van der Waals surface area (Å²) in [6.07, 6.45) is 5.33. The molecule has 1 amide bonds. The fourth-order valence-electron chi connectivity index (χ4n) is 3.31. The normalized spacial score (nSPS) is 18.2. The summed E-state index contributed by atoms with van der Waals surface area (Å²) < 4.78 is 5.09. The van der Waals surface area contributed by atoms with Crippen molar-refractivity contribution in [3.05, 3.63) is 29.8 Å². The maximum atomic E-state index is 12.2. The van der Waals surface area contributed by atoms with Gasteiger partial charge >= 0.3 is 0 Å². The number of carbonyl (C=O) groups excluding carboxylic acids is 1. The Morgan fingerprint density at radius 3 is 2.52 bits per heavy atom. The quantitative estimate of drug-likeness (QED) is 0.718. The van der Waals surface area contributed by atoms with Crippen LogP contribution in [-0.4, -0.2) is 31.2 Å². The molecule has 128 valence electrons. The van der Waals surface area contributed by atoms with E-state index in [2.05, 4.69) is 5.32 Å². The fraction of sp³-hybridized carbons (Fsp3) is 0.611. The van der Waals surface area contributed by atoms with Crippen molar-refractivity contribution in [2.24, 2.45) is 11.1 Å². The van der Waals surface area contributed by atoms with E-state index >= 15 is 0 Å². The second-order valence-electron chi connectivity index (χ2n) is 6.53. The van der Waals surface area contributed by atoms with E-state index in [4.69, 9.17) is 10.5 Å². The molecule has 0 radical (unpaired) electrons. The van der Waals surface area contributed by atoms with Crippen LogP contribution in [0.2, 0.25) is 0 Å². The van der Waals surface area contributed by atoms with Gasteiger partial charge in [0.15, 0.2) is 0 Å². The summed E-state index contributed by atoms with van der Waals surface area (Å²) in [4.78, 5) is 12.2. The molecule has 0 spiro atoms. The van der Waals surface area contributed by atoms with Crippen LogP contribution in [0.3, 0.4) is 0 Å². The third-order valence-corrected chi connectivity index (χ3v) is 4.88. The molecule has 1 atom stereocenters. The van der Waals surface area contributed by atoms with Crippen molar-refractivity contribution < 1.29 is 14.6 Å². The second-order valence-corrected chi connectivity index (χ2v) is 6.53. The summed E-state index contributed by atoms with van der Waals surface area (Å²) in [5.41, 5.74) is 6.63. The zero-order chi connectivity index (χ0) is 16.7. The van der Waals surface area contributed by atoms with Crippen LogP contribution in [0, 0.1) is 5.41 Å². The standard InChI is InChI=1S/C18H28N2O3/c1-23-15-7-5-14(6-8-15)16(21)12-20-17(22)11-18(13-19)9-3-2-4-10-18/h5-8,16,21H,2-4,9-13,19H2,1H3,(H,20,22). The molecule has 1 aliphatic rings. The van der Waals surface area contributed by atoms with E-state index in [1.165, 1.54) is 6.42 Å². The molecule has 0 saturated heterocycles. The lowest BCUT2D eigenvalue weighted by Gasteiger charge is -2.35. The average molecular weight is 320 g/mol. The van der Waals surface area contributed by atoms with Crippen LogP contribution in [0.4, 0.5) is 0 Å². The lowest BCUT2D eigenvalue weighted by atomic mass is 9.71. The molecule has 0 bridgehead atoms. The van der Waals surface area contributed by atoms with Crippen LogP contribution >= 0.6 is 0 Å². The number of amides is 1. The van der Waals surface area contributed by atoms with Gasteiger partial charge < -0.3 is 20.9 Å². The molecule has 1 aromatic rings. The average Bonchev–Trinajstić information content (AvgIpc) is 2.60. The molecule has 1 aliphatic carbocycles. The SMILES string of the molecule is COc1ccc(C(O)CNC(=O)CC2(CN)CCCCC2)cc1.